The van der Waals surface area contributed by atoms with E-state index in [1.807, 2.05) is 0 Å². The van der Waals surface area contributed by atoms with Crippen LogP contribution < -0.4 is 5.73 Å². The Balaban J connectivity index is 2.45. The van der Waals surface area contributed by atoms with E-state index in [1.54, 1.807) is 0 Å². The van der Waals surface area contributed by atoms with Gasteiger partial charge in [0.2, 0.25) is 10.0 Å². The molecule has 1 fully saturated rings. The van der Waals surface area contributed by atoms with Gasteiger partial charge in [0, 0.05) is 30.2 Å². The molecule has 0 radical (unpaired) electrons. The van der Waals surface area contributed by atoms with Crippen molar-refractivity contribution in [3.05, 3.63) is 28.0 Å². The van der Waals surface area contributed by atoms with Crippen LogP contribution in [0.4, 0.5) is 4.39 Å². The molecule has 0 saturated carbocycles. The molecule has 2 N–H and O–H groups in total. The summed E-state index contributed by atoms with van der Waals surface area (Å²) in [4.78, 5) is -0.360. The fraction of sp³-hybridized carbons (Fsp3) is 0.500. The second-order valence-electron chi connectivity index (χ2n) is 4.62. The molecule has 1 saturated heterocycles. The molecule has 0 bridgehead atoms. The molecule has 2 rings (SSSR count). The van der Waals surface area contributed by atoms with Gasteiger partial charge in [-0.3, -0.25) is 0 Å². The Labute approximate surface area is 126 Å². The maximum absolute atomic E-state index is 14.3. The van der Waals surface area contributed by atoms with E-state index < -0.39 is 15.8 Å². The monoisotopic (exact) mass is 366 g/mol. The highest BCUT2D eigenvalue weighted by Crippen LogP contribution is 2.28. The van der Waals surface area contributed by atoms with Crippen molar-refractivity contribution in [2.45, 2.75) is 23.9 Å². The third kappa shape index (κ3) is 2.89. The molecule has 5 nitrogen and oxygen atoms in total. The first-order valence-electron chi connectivity index (χ1n) is 6.11. The van der Waals surface area contributed by atoms with Gasteiger partial charge in [-0.05, 0) is 18.6 Å². The summed E-state index contributed by atoms with van der Waals surface area (Å²) in [5.74, 6) is -0.790. The summed E-state index contributed by atoms with van der Waals surface area (Å²) in [6.07, 6.45) is 0.606. The van der Waals surface area contributed by atoms with Crippen LogP contribution >= 0.6 is 15.9 Å². The molecule has 112 valence electrons. The highest BCUT2D eigenvalue weighted by molar-refractivity contribution is 9.10. The zero-order chi connectivity index (χ0) is 14.9. The van der Waals surface area contributed by atoms with Crippen molar-refractivity contribution in [3.8, 4) is 0 Å². The van der Waals surface area contributed by atoms with Crippen molar-refractivity contribution in [2.24, 2.45) is 5.73 Å². The van der Waals surface area contributed by atoms with Gasteiger partial charge in [0.25, 0.3) is 0 Å². The molecule has 20 heavy (non-hydrogen) atoms. The first-order chi connectivity index (χ1) is 9.37. The molecule has 1 unspecified atom stereocenters. The van der Waals surface area contributed by atoms with E-state index in [1.165, 1.54) is 23.5 Å². The fourth-order valence-corrected chi connectivity index (χ4v) is 4.27. The summed E-state index contributed by atoms with van der Waals surface area (Å²) in [5.41, 5.74) is 5.60. The van der Waals surface area contributed by atoms with Gasteiger partial charge in [0.15, 0.2) is 0 Å². The van der Waals surface area contributed by atoms with Crippen molar-refractivity contribution in [1.82, 2.24) is 4.31 Å². The SMILES string of the molecule is CN(C1CCOC1)S(=O)(=O)c1cc(Br)cc(CN)c1F. The molecule has 0 aliphatic carbocycles. The maximum Gasteiger partial charge on any atom is 0.246 e. The summed E-state index contributed by atoms with van der Waals surface area (Å²) < 4.78 is 46.1. The number of likely N-dealkylation sites (N-methyl/N-ethyl adjacent to an activating group) is 1. The van der Waals surface area contributed by atoms with E-state index in [4.69, 9.17) is 10.5 Å². The normalized spacial score (nSPS) is 19.8. The third-order valence-corrected chi connectivity index (χ3v) is 5.74. The van der Waals surface area contributed by atoms with Crippen LogP contribution in [0.2, 0.25) is 0 Å². The van der Waals surface area contributed by atoms with Crippen molar-refractivity contribution >= 4 is 26.0 Å². The molecule has 1 heterocycles. The molecular weight excluding hydrogens is 351 g/mol. The summed E-state index contributed by atoms with van der Waals surface area (Å²) in [6, 6.07) is 2.48. The summed E-state index contributed by atoms with van der Waals surface area (Å²) in [7, 11) is -2.47. The minimum absolute atomic E-state index is 0.0654. The number of halogens is 2. The van der Waals surface area contributed by atoms with Crippen molar-refractivity contribution in [2.75, 3.05) is 20.3 Å². The van der Waals surface area contributed by atoms with Crippen LogP contribution in [0.3, 0.4) is 0 Å². The number of hydrogen-bond donors (Lipinski definition) is 1. The molecule has 1 aliphatic rings. The van der Waals surface area contributed by atoms with Crippen molar-refractivity contribution in [1.29, 1.82) is 0 Å². The van der Waals surface area contributed by atoms with E-state index in [-0.39, 0.29) is 23.0 Å². The van der Waals surface area contributed by atoms with E-state index in [9.17, 15) is 12.8 Å². The average molecular weight is 367 g/mol. The number of sulfonamides is 1. The van der Waals surface area contributed by atoms with Crippen LogP contribution in [0.1, 0.15) is 12.0 Å². The van der Waals surface area contributed by atoms with Crippen molar-refractivity contribution in [3.63, 3.8) is 0 Å². The van der Waals surface area contributed by atoms with Crippen LogP contribution in [0.25, 0.3) is 0 Å². The van der Waals surface area contributed by atoms with Gasteiger partial charge in [0.05, 0.1) is 12.6 Å². The van der Waals surface area contributed by atoms with Crippen LogP contribution in [0, 0.1) is 5.82 Å². The zero-order valence-corrected chi connectivity index (χ0v) is 13.4. The topological polar surface area (TPSA) is 72.6 Å². The van der Waals surface area contributed by atoms with Gasteiger partial charge >= 0.3 is 0 Å². The van der Waals surface area contributed by atoms with E-state index >= 15 is 0 Å². The summed E-state index contributed by atoms with van der Waals surface area (Å²) >= 11 is 3.18. The first-order valence-corrected chi connectivity index (χ1v) is 8.35. The van der Waals surface area contributed by atoms with E-state index in [0.717, 1.165) is 0 Å². The number of nitrogens with zero attached hydrogens (tertiary/aromatic N) is 1. The Kier molecular flexibility index (Phi) is 4.80. The Hall–Kier alpha value is -0.540. The Morgan fingerprint density at radius 1 is 1.55 bits per heavy atom. The molecule has 1 aromatic carbocycles. The van der Waals surface area contributed by atoms with Gasteiger partial charge < -0.3 is 10.5 Å². The Morgan fingerprint density at radius 2 is 2.25 bits per heavy atom. The number of hydrogen-bond acceptors (Lipinski definition) is 4. The second-order valence-corrected chi connectivity index (χ2v) is 7.50. The fourth-order valence-electron chi connectivity index (χ4n) is 2.11. The van der Waals surface area contributed by atoms with Gasteiger partial charge in [-0.1, -0.05) is 15.9 Å². The van der Waals surface area contributed by atoms with E-state index in [0.29, 0.717) is 24.1 Å². The quantitative estimate of drug-likeness (QED) is 0.875. The molecule has 8 heteroatoms. The summed E-state index contributed by atoms with van der Waals surface area (Å²) in [5, 5.41) is 0. The Morgan fingerprint density at radius 3 is 2.80 bits per heavy atom. The molecular formula is C12H16BrFN2O3S. The van der Waals surface area contributed by atoms with Gasteiger partial charge in [-0.2, -0.15) is 4.31 Å². The van der Waals surface area contributed by atoms with Crippen LogP contribution in [-0.2, 0) is 21.3 Å². The lowest BCUT2D eigenvalue weighted by Crippen LogP contribution is -2.37. The minimum atomic E-state index is -3.92. The second kappa shape index (κ2) is 6.07. The predicted octanol–water partition coefficient (Wildman–Crippen LogP) is 1.46. The van der Waals surface area contributed by atoms with Crippen molar-refractivity contribution < 1.29 is 17.5 Å². The van der Waals surface area contributed by atoms with Gasteiger partial charge in [-0.15, -0.1) is 0 Å². The molecule has 0 amide bonds. The zero-order valence-electron chi connectivity index (χ0n) is 11.0. The molecule has 0 spiro atoms. The average Bonchev–Trinajstić information content (AvgIpc) is 2.93. The standard InChI is InChI=1S/C12H16BrFN2O3S/c1-16(10-2-3-19-7-10)20(17,18)11-5-9(13)4-8(6-15)12(11)14/h4-5,10H,2-3,6-7,15H2,1H3. The van der Waals surface area contributed by atoms with Crippen LogP contribution in [-0.4, -0.2) is 39.0 Å². The maximum atomic E-state index is 14.3. The van der Waals surface area contributed by atoms with Gasteiger partial charge in [-0.25, -0.2) is 12.8 Å². The Bertz CT molecular complexity index is 603. The van der Waals surface area contributed by atoms with Crippen LogP contribution in [0.15, 0.2) is 21.5 Å². The highest BCUT2D eigenvalue weighted by atomic mass is 79.9. The minimum Gasteiger partial charge on any atom is -0.380 e. The predicted molar refractivity (Wildman–Crippen MR) is 76.2 cm³/mol. The molecule has 1 aliphatic heterocycles. The first kappa shape index (κ1) is 15.8. The number of rotatable bonds is 4. The molecule has 1 aromatic rings. The number of benzene rings is 1. The lowest BCUT2D eigenvalue weighted by molar-refractivity contribution is 0.180. The lowest BCUT2D eigenvalue weighted by atomic mass is 10.2. The molecule has 0 aromatic heterocycles. The molecule has 1 atom stereocenters. The van der Waals surface area contributed by atoms with Crippen LogP contribution in [0.5, 0.6) is 0 Å². The third-order valence-electron chi connectivity index (χ3n) is 3.38. The summed E-state index contributed by atoms with van der Waals surface area (Å²) in [6.45, 7) is 0.776. The highest BCUT2D eigenvalue weighted by Gasteiger charge is 2.33. The largest absolute Gasteiger partial charge is 0.380 e. The van der Waals surface area contributed by atoms with E-state index in [2.05, 4.69) is 15.9 Å². The smallest absolute Gasteiger partial charge is 0.246 e. The number of nitrogens with two attached hydrogens (primary N) is 1. The lowest BCUT2D eigenvalue weighted by Gasteiger charge is -2.23. The number of ether oxygens (including phenoxy) is 1. The van der Waals surface area contributed by atoms with Gasteiger partial charge in [0.1, 0.15) is 10.7 Å².